The first-order chi connectivity index (χ1) is 11.0. The van der Waals surface area contributed by atoms with E-state index in [4.69, 9.17) is 4.74 Å². The van der Waals surface area contributed by atoms with E-state index in [1.165, 1.54) is 32.2 Å². The molecule has 0 bridgehead atoms. The summed E-state index contributed by atoms with van der Waals surface area (Å²) in [5, 5.41) is 2.66. The zero-order chi connectivity index (χ0) is 16.8. The standard InChI is InChI=1S/C18H16FNO3/c1-12(21)14-6-9-17(23-2)16(11-14)20-18(22)10-5-13-3-7-15(19)8-4-13/h3-11H,1-2H3,(H,20,22)/b10-5+. The van der Waals surface area contributed by atoms with E-state index in [0.29, 0.717) is 22.6 Å². The lowest BCUT2D eigenvalue weighted by molar-refractivity contribution is -0.111. The van der Waals surface area contributed by atoms with Crippen molar-refractivity contribution in [1.29, 1.82) is 0 Å². The molecule has 1 amide bonds. The van der Waals surface area contributed by atoms with Crippen molar-refractivity contribution in [3.05, 3.63) is 65.5 Å². The first kappa shape index (κ1) is 16.4. The summed E-state index contributed by atoms with van der Waals surface area (Å²) >= 11 is 0. The zero-order valence-electron chi connectivity index (χ0n) is 12.8. The summed E-state index contributed by atoms with van der Waals surface area (Å²) in [6.45, 7) is 1.45. The van der Waals surface area contributed by atoms with E-state index in [9.17, 15) is 14.0 Å². The van der Waals surface area contributed by atoms with Gasteiger partial charge in [-0.15, -0.1) is 0 Å². The lowest BCUT2D eigenvalue weighted by Crippen LogP contribution is -2.09. The molecule has 0 saturated heterocycles. The van der Waals surface area contributed by atoms with Gasteiger partial charge in [-0.05, 0) is 48.9 Å². The molecular formula is C18H16FNO3. The molecule has 118 valence electrons. The molecule has 5 heteroatoms. The SMILES string of the molecule is COc1ccc(C(C)=O)cc1NC(=O)/C=C/c1ccc(F)cc1. The van der Waals surface area contributed by atoms with Crippen molar-refractivity contribution in [2.24, 2.45) is 0 Å². The number of benzene rings is 2. The third-order valence-electron chi connectivity index (χ3n) is 3.16. The second-order valence-corrected chi connectivity index (χ2v) is 4.85. The molecule has 1 N–H and O–H groups in total. The summed E-state index contributed by atoms with van der Waals surface area (Å²) in [6, 6.07) is 10.6. The van der Waals surface area contributed by atoms with Crippen LogP contribution in [-0.2, 0) is 4.79 Å². The molecule has 2 aromatic carbocycles. The number of anilines is 1. The minimum atomic E-state index is -0.381. The Morgan fingerprint density at radius 2 is 1.83 bits per heavy atom. The highest BCUT2D eigenvalue weighted by Gasteiger charge is 2.09. The molecule has 0 saturated carbocycles. The first-order valence-electron chi connectivity index (χ1n) is 6.93. The fourth-order valence-corrected chi connectivity index (χ4v) is 1.94. The number of carbonyl (C=O) groups excluding carboxylic acids is 2. The third-order valence-corrected chi connectivity index (χ3v) is 3.16. The maximum absolute atomic E-state index is 12.8. The Bertz CT molecular complexity index is 751. The Labute approximate surface area is 133 Å². The lowest BCUT2D eigenvalue weighted by atomic mass is 10.1. The van der Waals surface area contributed by atoms with Crippen LogP contribution in [0.25, 0.3) is 6.08 Å². The van der Waals surface area contributed by atoms with Gasteiger partial charge in [0.15, 0.2) is 5.78 Å². The molecule has 0 aromatic heterocycles. The van der Waals surface area contributed by atoms with E-state index in [1.54, 1.807) is 36.4 Å². The zero-order valence-corrected chi connectivity index (χ0v) is 12.8. The van der Waals surface area contributed by atoms with Crippen LogP contribution in [0.3, 0.4) is 0 Å². The smallest absolute Gasteiger partial charge is 0.248 e. The number of ether oxygens (including phenoxy) is 1. The number of hydrogen-bond donors (Lipinski definition) is 1. The largest absolute Gasteiger partial charge is 0.495 e. The van der Waals surface area contributed by atoms with Crippen LogP contribution < -0.4 is 10.1 Å². The Balaban J connectivity index is 2.14. The van der Waals surface area contributed by atoms with Gasteiger partial charge in [-0.25, -0.2) is 4.39 Å². The van der Waals surface area contributed by atoms with E-state index >= 15 is 0 Å². The molecule has 0 aliphatic carbocycles. The summed E-state index contributed by atoms with van der Waals surface area (Å²) in [5.74, 6) is -0.366. The summed E-state index contributed by atoms with van der Waals surface area (Å²) in [4.78, 5) is 23.4. The van der Waals surface area contributed by atoms with Gasteiger partial charge in [0, 0.05) is 11.6 Å². The lowest BCUT2D eigenvalue weighted by Gasteiger charge is -2.10. The summed E-state index contributed by atoms with van der Waals surface area (Å²) in [7, 11) is 1.48. The molecular weight excluding hydrogens is 297 g/mol. The van der Waals surface area contributed by atoms with Crippen molar-refractivity contribution >= 4 is 23.5 Å². The monoisotopic (exact) mass is 313 g/mol. The van der Waals surface area contributed by atoms with Crippen LogP contribution in [0.1, 0.15) is 22.8 Å². The van der Waals surface area contributed by atoms with E-state index in [0.717, 1.165) is 0 Å². The van der Waals surface area contributed by atoms with Crippen molar-refractivity contribution in [3.8, 4) is 5.75 Å². The van der Waals surface area contributed by atoms with E-state index < -0.39 is 0 Å². The number of hydrogen-bond acceptors (Lipinski definition) is 3. The second-order valence-electron chi connectivity index (χ2n) is 4.85. The van der Waals surface area contributed by atoms with Crippen molar-refractivity contribution < 1.29 is 18.7 Å². The van der Waals surface area contributed by atoms with Crippen LogP contribution in [0.15, 0.2) is 48.5 Å². The predicted octanol–water partition coefficient (Wildman–Crippen LogP) is 3.69. The molecule has 0 radical (unpaired) electrons. The number of carbonyl (C=O) groups is 2. The first-order valence-corrected chi connectivity index (χ1v) is 6.93. The molecule has 0 spiro atoms. The number of halogens is 1. The number of amides is 1. The molecule has 4 nitrogen and oxygen atoms in total. The number of nitrogens with one attached hydrogen (secondary N) is 1. The highest BCUT2D eigenvalue weighted by molar-refractivity contribution is 6.04. The maximum atomic E-state index is 12.8. The van der Waals surface area contributed by atoms with Gasteiger partial charge in [0.25, 0.3) is 0 Å². The third kappa shape index (κ3) is 4.51. The molecule has 0 fully saturated rings. The van der Waals surface area contributed by atoms with E-state index in [-0.39, 0.29) is 17.5 Å². The van der Waals surface area contributed by atoms with Gasteiger partial charge >= 0.3 is 0 Å². The summed E-state index contributed by atoms with van der Waals surface area (Å²) in [6.07, 6.45) is 2.89. The molecule has 0 heterocycles. The van der Waals surface area contributed by atoms with Crippen LogP contribution in [0, 0.1) is 5.82 Å². The second kappa shape index (κ2) is 7.35. The quantitative estimate of drug-likeness (QED) is 0.676. The van der Waals surface area contributed by atoms with Gasteiger partial charge in [0.2, 0.25) is 5.91 Å². The highest BCUT2D eigenvalue weighted by Crippen LogP contribution is 2.25. The van der Waals surface area contributed by atoms with Gasteiger partial charge in [-0.2, -0.15) is 0 Å². The van der Waals surface area contributed by atoms with Gasteiger partial charge in [-0.3, -0.25) is 9.59 Å². The molecule has 2 rings (SSSR count). The van der Waals surface area contributed by atoms with Crippen molar-refractivity contribution in [3.63, 3.8) is 0 Å². The molecule has 0 aliphatic rings. The highest BCUT2D eigenvalue weighted by atomic mass is 19.1. The van der Waals surface area contributed by atoms with Crippen LogP contribution in [0.4, 0.5) is 10.1 Å². The Hall–Kier alpha value is -2.95. The van der Waals surface area contributed by atoms with Crippen molar-refractivity contribution in [2.75, 3.05) is 12.4 Å². The minimum Gasteiger partial charge on any atom is -0.495 e. The van der Waals surface area contributed by atoms with Crippen LogP contribution >= 0.6 is 0 Å². The number of rotatable bonds is 5. The fraction of sp³-hybridized carbons (Fsp3) is 0.111. The molecule has 2 aromatic rings. The molecule has 0 atom stereocenters. The van der Waals surface area contributed by atoms with Crippen LogP contribution in [-0.4, -0.2) is 18.8 Å². The maximum Gasteiger partial charge on any atom is 0.248 e. The number of Topliss-reactive ketones (excluding diaryl/α,β-unsaturated/α-hetero) is 1. The van der Waals surface area contributed by atoms with Crippen LogP contribution in [0.2, 0.25) is 0 Å². The minimum absolute atomic E-state index is 0.106. The average Bonchev–Trinajstić information content (AvgIpc) is 2.54. The number of methoxy groups -OCH3 is 1. The fourth-order valence-electron chi connectivity index (χ4n) is 1.94. The molecule has 0 aliphatic heterocycles. The van der Waals surface area contributed by atoms with Gasteiger partial charge in [-0.1, -0.05) is 12.1 Å². The average molecular weight is 313 g/mol. The van der Waals surface area contributed by atoms with Gasteiger partial charge in [0.1, 0.15) is 11.6 Å². The summed E-state index contributed by atoms with van der Waals surface area (Å²) in [5.41, 5.74) is 1.59. The van der Waals surface area contributed by atoms with Gasteiger partial charge in [0.05, 0.1) is 12.8 Å². The van der Waals surface area contributed by atoms with Crippen molar-refractivity contribution in [2.45, 2.75) is 6.92 Å². The molecule has 0 unspecified atom stereocenters. The Morgan fingerprint density at radius 3 is 2.43 bits per heavy atom. The normalized spacial score (nSPS) is 10.6. The van der Waals surface area contributed by atoms with Crippen LogP contribution in [0.5, 0.6) is 5.75 Å². The summed E-state index contributed by atoms with van der Waals surface area (Å²) < 4.78 is 18.0. The van der Waals surface area contributed by atoms with Gasteiger partial charge < -0.3 is 10.1 Å². The molecule has 23 heavy (non-hydrogen) atoms. The van der Waals surface area contributed by atoms with E-state index in [2.05, 4.69) is 5.32 Å². The Kier molecular flexibility index (Phi) is 5.25. The van der Waals surface area contributed by atoms with Crippen molar-refractivity contribution in [1.82, 2.24) is 0 Å². The Morgan fingerprint density at radius 1 is 1.13 bits per heavy atom. The topological polar surface area (TPSA) is 55.4 Å². The number of ketones is 1. The van der Waals surface area contributed by atoms with E-state index in [1.807, 2.05) is 0 Å². The predicted molar refractivity (Wildman–Crippen MR) is 87.1 cm³/mol.